The summed E-state index contributed by atoms with van der Waals surface area (Å²) < 4.78 is 28.6. The normalized spacial score (nSPS) is 21.9. The average Bonchev–Trinajstić information content (AvgIpc) is 2.46. The molecule has 2 rings (SSSR count). The number of rotatable bonds is 5. The van der Waals surface area contributed by atoms with E-state index in [9.17, 15) is 8.78 Å². The van der Waals surface area contributed by atoms with Crippen LogP contribution in [0.1, 0.15) is 37.8 Å². The van der Waals surface area contributed by atoms with Gasteiger partial charge in [0, 0.05) is 18.6 Å². The molecule has 5 heteroatoms. The number of piperidine rings is 1. The van der Waals surface area contributed by atoms with Crippen LogP contribution in [0.5, 0.6) is 5.75 Å². The van der Waals surface area contributed by atoms with Crippen LogP contribution in [0, 0.1) is 0 Å². The smallest absolute Gasteiger partial charge is 0.387 e. The van der Waals surface area contributed by atoms with Gasteiger partial charge in [-0.15, -0.1) is 0 Å². The third-order valence-electron chi connectivity index (χ3n) is 4.03. The first kappa shape index (κ1) is 15.2. The molecule has 0 spiro atoms. The maximum Gasteiger partial charge on any atom is 0.387 e. The van der Waals surface area contributed by atoms with Gasteiger partial charge in [-0.3, -0.25) is 4.90 Å². The zero-order chi connectivity index (χ0) is 14.5. The number of hydrogen-bond acceptors (Lipinski definition) is 3. The standard InChI is InChI=1S/C15H22F2N2O/c1-11(19-9-3-2-4-13(19)10-18)12-5-7-14(8-6-12)20-15(16)17/h5-8,11,13,15H,2-4,9-10,18H2,1H3. The van der Waals surface area contributed by atoms with E-state index < -0.39 is 6.61 Å². The zero-order valence-electron chi connectivity index (χ0n) is 11.8. The Balaban J connectivity index is 2.05. The molecule has 112 valence electrons. The maximum absolute atomic E-state index is 12.1. The summed E-state index contributed by atoms with van der Waals surface area (Å²) in [6.07, 6.45) is 3.55. The fraction of sp³-hybridized carbons (Fsp3) is 0.600. The lowest BCUT2D eigenvalue weighted by molar-refractivity contribution is -0.0498. The molecule has 1 heterocycles. The van der Waals surface area contributed by atoms with Crippen molar-refractivity contribution in [2.24, 2.45) is 5.73 Å². The van der Waals surface area contributed by atoms with Crippen LogP contribution in [0.15, 0.2) is 24.3 Å². The van der Waals surface area contributed by atoms with Gasteiger partial charge in [0.15, 0.2) is 0 Å². The molecule has 1 aliphatic heterocycles. The summed E-state index contributed by atoms with van der Waals surface area (Å²) in [6.45, 7) is 1.06. The molecule has 1 fully saturated rings. The molecule has 20 heavy (non-hydrogen) atoms. The Morgan fingerprint density at radius 3 is 2.60 bits per heavy atom. The minimum absolute atomic E-state index is 0.199. The van der Waals surface area contributed by atoms with Crippen LogP contribution in [0.25, 0.3) is 0 Å². The summed E-state index contributed by atoms with van der Waals surface area (Å²) in [5.41, 5.74) is 6.95. The van der Waals surface area contributed by atoms with Crippen molar-refractivity contribution in [3.8, 4) is 5.75 Å². The van der Waals surface area contributed by atoms with Crippen LogP contribution in [0.2, 0.25) is 0 Å². The van der Waals surface area contributed by atoms with Gasteiger partial charge in [-0.2, -0.15) is 8.78 Å². The van der Waals surface area contributed by atoms with Crippen LogP contribution in [-0.4, -0.2) is 30.6 Å². The highest BCUT2D eigenvalue weighted by Crippen LogP contribution is 2.29. The number of hydrogen-bond donors (Lipinski definition) is 1. The molecule has 2 N–H and O–H groups in total. The van der Waals surface area contributed by atoms with Crippen molar-refractivity contribution in [2.75, 3.05) is 13.1 Å². The van der Waals surface area contributed by atoms with Gasteiger partial charge in [-0.1, -0.05) is 18.6 Å². The van der Waals surface area contributed by atoms with Crippen LogP contribution >= 0.6 is 0 Å². The highest BCUT2D eigenvalue weighted by atomic mass is 19.3. The fourth-order valence-electron chi connectivity index (χ4n) is 2.91. The van der Waals surface area contributed by atoms with Gasteiger partial charge in [-0.05, 0) is 44.0 Å². The van der Waals surface area contributed by atoms with Crippen molar-refractivity contribution in [2.45, 2.75) is 44.9 Å². The molecule has 3 nitrogen and oxygen atoms in total. The zero-order valence-corrected chi connectivity index (χ0v) is 11.8. The molecule has 0 aliphatic carbocycles. The Morgan fingerprint density at radius 2 is 2.00 bits per heavy atom. The number of halogens is 2. The Hall–Kier alpha value is -1.20. The van der Waals surface area contributed by atoms with Crippen molar-refractivity contribution in [3.63, 3.8) is 0 Å². The highest BCUT2D eigenvalue weighted by Gasteiger charge is 2.26. The lowest BCUT2D eigenvalue weighted by Crippen LogP contribution is -2.45. The Kier molecular flexibility index (Phi) is 5.31. The first-order valence-electron chi connectivity index (χ1n) is 7.12. The highest BCUT2D eigenvalue weighted by molar-refractivity contribution is 5.29. The number of ether oxygens (including phenoxy) is 1. The van der Waals surface area contributed by atoms with Crippen LogP contribution in [0.4, 0.5) is 8.78 Å². The van der Waals surface area contributed by atoms with E-state index in [0.717, 1.165) is 18.5 Å². The lowest BCUT2D eigenvalue weighted by Gasteiger charge is -2.39. The van der Waals surface area contributed by atoms with E-state index in [0.29, 0.717) is 12.6 Å². The molecular weight excluding hydrogens is 262 g/mol. The summed E-state index contributed by atoms with van der Waals surface area (Å²) >= 11 is 0. The third-order valence-corrected chi connectivity index (χ3v) is 4.03. The van der Waals surface area contributed by atoms with Gasteiger partial charge in [0.1, 0.15) is 5.75 Å². The Morgan fingerprint density at radius 1 is 1.30 bits per heavy atom. The van der Waals surface area contributed by atoms with E-state index in [2.05, 4.69) is 16.6 Å². The lowest BCUT2D eigenvalue weighted by atomic mass is 9.97. The second kappa shape index (κ2) is 6.99. The van der Waals surface area contributed by atoms with Crippen molar-refractivity contribution in [3.05, 3.63) is 29.8 Å². The summed E-state index contributed by atoms with van der Waals surface area (Å²) in [6, 6.07) is 7.55. The largest absolute Gasteiger partial charge is 0.435 e. The SMILES string of the molecule is CC(c1ccc(OC(F)F)cc1)N1CCCCC1CN. The summed E-state index contributed by atoms with van der Waals surface area (Å²) in [5.74, 6) is 0.199. The predicted octanol–water partition coefficient (Wildman–Crippen LogP) is 3.16. The van der Waals surface area contributed by atoms with Crippen molar-refractivity contribution >= 4 is 0 Å². The van der Waals surface area contributed by atoms with E-state index in [1.807, 2.05) is 12.1 Å². The molecule has 2 unspecified atom stereocenters. The van der Waals surface area contributed by atoms with E-state index in [-0.39, 0.29) is 11.8 Å². The summed E-state index contributed by atoms with van der Waals surface area (Å²) in [5, 5.41) is 0. The predicted molar refractivity (Wildman–Crippen MR) is 74.9 cm³/mol. The minimum Gasteiger partial charge on any atom is -0.435 e. The Bertz CT molecular complexity index is 411. The van der Waals surface area contributed by atoms with E-state index in [4.69, 9.17) is 5.73 Å². The fourth-order valence-corrected chi connectivity index (χ4v) is 2.91. The van der Waals surface area contributed by atoms with Crippen LogP contribution < -0.4 is 10.5 Å². The second-order valence-electron chi connectivity index (χ2n) is 5.25. The minimum atomic E-state index is -2.78. The summed E-state index contributed by atoms with van der Waals surface area (Å²) in [4.78, 5) is 2.41. The van der Waals surface area contributed by atoms with Crippen molar-refractivity contribution in [1.29, 1.82) is 0 Å². The van der Waals surface area contributed by atoms with Crippen LogP contribution in [-0.2, 0) is 0 Å². The van der Waals surface area contributed by atoms with E-state index in [1.54, 1.807) is 12.1 Å². The molecule has 0 saturated carbocycles. The van der Waals surface area contributed by atoms with Gasteiger partial charge in [0.05, 0.1) is 0 Å². The van der Waals surface area contributed by atoms with E-state index in [1.165, 1.54) is 12.8 Å². The molecule has 0 radical (unpaired) electrons. The first-order chi connectivity index (χ1) is 9.61. The molecule has 0 aromatic heterocycles. The molecular formula is C15H22F2N2O. The van der Waals surface area contributed by atoms with Gasteiger partial charge in [0.2, 0.25) is 0 Å². The summed E-state index contributed by atoms with van der Waals surface area (Å²) in [7, 11) is 0. The van der Waals surface area contributed by atoms with Gasteiger partial charge < -0.3 is 10.5 Å². The maximum atomic E-state index is 12.1. The van der Waals surface area contributed by atoms with E-state index >= 15 is 0 Å². The molecule has 1 aromatic carbocycles. The molecule has 1 saturated heterocycles. The third kappa shape index (κ3) is 3.67. The number of alkyl halides is 2. The molecule has 1 aliphatic rings. The number of nitrogens with two attached hydrogens (primary N) is 1. The monoisotopic (exact) mass is 284 g/mol. The number of nitrogens with zero attached hydrogens (tertiary/aromatic N) is 1. The first-order valence-corrected chi connectivity index (χ1v) is 7.12. The molecule has 0 bridgehead atoms. The quantitative estimate of drug-likeness (QED) is 0.902. The van der Waals surface area contributed by atoms with Crippen molar-refractivity contribution in [1.82, 2.24) is 4.90 Å². The van der Waals surface area contributed by atoms with Gasteiger partial charge in [-0.25, -0.2) is 0 Å². The van der Waals surface area contributed by atoms with Crippen molar-refractivity contribution < 1.29 is 13.5 Å². The topological polar surface area (TPSA) is 38.5 Å². The Labute approximate surface area is 118 Å². The molecule has 1 aromatic rings. The van der Waals surface area contributed by atoms with Crippen LogP contribution in [0.3, 0.4) is 0 Å². The number of benzene rings is 1. The second-order valence-corrected chi connectivity index (χ2v) is 5.25. The van der Waals surface area contributed by atoms with Gasteiger partial charge >= 0.3 is 6.61 Å². The molecule has 0 amide bonds. The van der Waals surface area contributed by atoms with Gasteiger partial charge in [0.25, 0.3) is 0 Å². The number of likely N-dealkylation sites (tertiary alicyclic amines) is 1. The average molecular weight is 284 g/mol. The molecule has 2 atom stereocenters.